The van der Waals surface area contributed by atoms with Gasteiger partial charge in [-0.05, 0) is 25.1 Å². The Bertz CT molecular complexity index is 483. The molecule has 0 aliphatic carbocycles. The fourth-order valence-corrected chi connectivity index (χ4v) is 1.87. The number of phenols is 1. The van der Waals surface area contributed by atoms with Gasteiger partial charge >= 0.3 is 5.69 Å². The number of nitrogens with one attached hydrogen (secondary N) is 2. The van der Waals surface area contributed by atoms with Crippen LogP contribution in [0.25, 0.3) is 0 Å². The minimum atomic E-state index is -0.697. The van der Waals surface area contributed by atoms with Crippen molar-refractivity contribution in [3.8, 4) is 5.75 Å². The first-order chi connectivity index (χ1) is 8.58. The van der Waals surface area contributed by atoms with E-state index in [0.29, 0.717) is 6.54 Å². The summed E-state index contributed by atoms with van der Waals surface area (Å²) in [6.07, 6.45) is 0.852. The maximum atomic E-state index is 11.8. The van der Waals surface area contributed by atoms with E-state index in [9.17, 15) is 20.0 Å². The molecule has 1 unspecified atom stereocenters. The molecule has 2 rings (SSSR count). The van der Waals surface area contributed by atoms with E-state index in [4.69, 9.17) is 0 Å². The molecule has 1 fully saturated rings. The topological polar surface area (TPSA) is 104 Å². The van der Waals surface area contributed by atoms with Gasteiger partial charge in [0.2, 0.25) is 0 Å². The lowest BCUT2D eigenvalue weighted by atomic mass is 10.1. The third-order valence-electron chi connectivity index (χ3n) is 2.83. The number of nitrogens with zero attached hydrogens (tertiary/aromatic N) is 1. The summed E-state index contributed by atoms with van der Waals surface area (Å²) in [6.45, 7) is 1.57. The summed E-state index contributed by atoms with van der Waals surface area (Å²) in [6, 6.07) is 3.62. The Hall–Kier alpha value is -2.15. The predicted octanol–water partition coefficient (Wildman–Crippen LogP) is 0.392. The summed E-state index contributed by atoms with van der Waals surface area (Å²) >= 11 is 0. The molecule has 3 N–H and O–H groups in total. The van der Waals surface area contributed by atoms with Crippen LogP contribution in [0.1, 0.15) is 16.8 Å². The third-order valence-corrected chi connectivity index (χ3v) is 2.83. The molecule has 0 radical (unpaired) electrons. The van der Waals surface area contributed by atoms with E-state index in [1.54, 1.807) is 0 Å². The fourth-order valence-electron chi connectivity index (χ4n) is 1.87. The number of hydrogen-bond acceptors (Lipinski definition) is 5. The zero-order valence-corrected chi connectivity index (χ0v) is 9.55. The zero-order valence-electron chi connectivity index (χ0n) is 9.55. The molecule has 1 saturated heterocycles. The quantitative estimate of drug-likeness (QED) is 0.532. The highest BCUT2D eigenvalue weighted by atomic mass is 16.6. The van der Waals surface area contributed by atoms with E-state index >= 15 is 0 Å². The van der Waals surface area contributed by atoms with Gasteiger partial charge in [-0.25, -0.2) is 0 Å². The van der Waals surface area contributed by atoms with Crippen molar-refractivity contribution in [2.45, 2.75) is 12.5 Å². The minimum absolute atomic E-state index is 0.0647. The van der Waals surface area contributed by atoms with E-state index < -0.39 is 16.4 Å². The molecule has 0 aromatic heterocycles. The van der Waals surface area contributed by atoms with Crippen LogP contribution >= 0.6 is 0 Å². The van der Waals surface area contributed by atoms with Gasteiger partial charge in [-0.1, -0.05) is 0 Å². The van der Waals surface area contributed by atoms with E-state index in [1.165, 1.54) is 6.07 Å². The largest absolute Gasteiger partial charge is 0.502 e. The minimum Gasteiger partial charge on any atom is -0.502 e. The van der Waals surface area contributed by atoms with Crippen LogP contribution in [0.15, 0.2) is 18.2 Å². The van der Waals surface area contributed by atoms with Crippen LogP contribution in [-0.2, 0) is 0 Å². The Morgan fingerprint density at radius 1 is 1.56 bits per heavy atom. The number of nitro groups is 1. The third kappa shape index (κ3) is 2.57. The zero-order chi connectivity index (χ0) is 13.1. The second-order valence-electron chi connectivity index (χ2n) is 4.12. The first-order valence-corrected chi connectivity index (χ1v) is 5.57. The number of phenolic OH excluding ortho intramolecular Hbond substituents is 1. The van der Waals surface area contributed by atoms with E-state index in [1.807, 2.05) is 0 Å². The molecule has 0 spiro atoms. The number of hydrogen-bond donors (Lipinski definition) is 3. The molecule has 0 bridgehead atoms. The highest BCUT2D eigenvalue weighted by Gasteiger charge is 2.20. The Kier molecular flexibility index (Phi) is 3.42. The molecule has 1 amide bonds. The second-order valence-corrected chi connectivity index (χ2v) is 4.12. The monoisotopic (exact) mass is 251 g/mol. The molecule has 96 valence electrons. The normalized spacial score (nSPS) is 18.6. The van der Waals surface area contributed by atoms with Gasteiger partial charge in [0.1, 0.15) is 0 Å². The average Bonchev–Trinajstić information content (AvgIpc) is 2.81. The van der Waals surface area contributed by atoms with Crippen molar-refractivity contribution in [1.82, 2.24) is 10.6 Å². The summed E-state index contributed by atoms with van der Waals surface area (Å²) in [5, 5.41) is 25.9. The molecule has 0 saturated carbocycles. The van der Waals surface area contributed by atoms with E-state index in [0.717, 1.165) is 25.1 Å². The summed E-state index contributed by atoms with van der Waals surface area (Å²) in [5.74, 6) is -0.842. The first kappa shape index (κ1) is 12.3. The second kappa shape index (κ2) is 5.01. The molecule has 1 aliphatic rings. The van der Waals surface area contributed by atoms with Crippen molar-refractivity contribution < 1.29 is 14.8 Å². The van der Waals surface area contributed by atoms with Gasteiger partial charge in [-0.3, -0.25) is 14.9 Å². The summed E-state index contributed by atoms with van der Waals surface area (Å²) in [5.41, 5.74) is -0.195. The molecule has 7 nitrogen and oxygen atoms in total. The lowest BCUT2D eigenvalue weighted by Crippen LogP contribution is -2.36. The van der Waals surface area contributed by atoms with Gasteiger partial charge in [0.15, 0.2) is 5.75 Å². The fraction of sp³-hybridized carbons (Fsp3) is 0.364. The van der Waals surface area contributed by atoms with Gasteiger partial charge in [0.05, 0.1) is 4.92 Å². The highest BCUT2D eigenvalue weighted by molar-refractivity contribution is 5.95. The van der Waals surface area contributed by atoms with Crippen LogP contribution in [-0.4, -0.2) is 35.1 Å². The Morgan fingerprint density at radius 3 is 2.89 bits per heavy atom. The number of carbonyl (C=O) groups is 1. The van der Waals surface area contributed by atoms with Gasteiger partial charge < -0.3 is 15.7 Å². The van der Waals surface area contributed by atoms with Crippen LogP contribution in [0, 0.1) is 10.1 Å². The maximum Gasteiger partial charge on any atom is 0.310 e. The van der Waals surface area contributed by atoms with Crippen molar-refractivity contribution in [3.63, 3.8) is 0 Å². The molecular weight excluding hydrogens is 238 g/mol. The standard InChI is InChI=1S/C11H13N3O4/c15-10-5-7(1-2-9(10)14(17)18)11(16)13-8-3-4-12-6-8/h1-2,5,8,12,15H,3-4,6H2,(H,13,16). The van der Waals surface area contributed by atoms with Gasteiger partial charge in [0, 0.05) is 24.2 Å². The molecule has 1 aliphatic heterocycles. The lowest BCUT2D eigenvalue weighted by molar-refractivity contribution is -0.385. The van der Waals surface area contributed by atoms with Gasteiger partial charge in [-0.2, -0.15) is 0 Å². The first-order valence-electron chi connectivity index (χ1n) is 5.57. The highest BCUT2D eigenvalue weighted by Crippen LogP contribution is 2.26. The molecule has 1 atom stereocenters. The number of benzene rings is 1. The number of carbonyl (C=O) groups excluding carboxylic acids is 1. The molecular formula is C11H13N3O4. The van der Waals surface area contributed by atoms with Crippen molar-refractivity contribution in [1.29, 1.82) is 0 Å². The van der Waals surface area contributed by atoms with E-state index in [-0.39, 0.29) is 17.5 Å². The predicted molar refractivity (Wildman–Crippen MR) is 63.5 cm³/mol. The van der Waals surface area contributed by atoms with Gasteiger partial charge in [0.25, 0.3) is 5.91 Å². The van der Waals surface area contributed by atoms with Crippen LogP contribution in [0.3, 0.4) is 0 Å². The SMILES string of the molecule is O=C(NC1CCNC1)c1ccc([N+](=O)[O-])c(O)c1. The molecule has 1 heterocycles. The number of nitro benzene ring substituents is 1. The molecule has 1 aromatic carbocycles. The Morgan fingerprint density at radius 2 is 2.33 bits per heavy atom. The van der Waals surface area contributed by atoms with Crippen LogP contribution in [0.5, 0.6) is 5.75 Å². The molecule has 1 aromatic rings. The summed E-state index contributed by atoms with van der Waals surface area (Å²) in [7, 11) is 0. The number of aromatic hydroxyl groups is 1. The summed E-state index contributed by atoms with van der Waals surface area (Å²) < 4.78 is 0. The van der Waals surface area contributed by atoms with Crippen LogP contribution in [0.2, 0.25) is 0 Å². The molecule has 18 heavy (non-hydrogen) atoms. The smallest absolute Gasteiger partial charge is 0.310 e. The average molecular weight is 251 g/mol. The van der Waals surface area contributed by atoms with Crippen LogP contribution < -0.4 is 10.6 Å². The van der Waals surface area contributed by atoms with Crippen molar-refractivity contribution in [2.24, 2.45) is 0 Å². The van der Waals surface area contributed by atoms with Crippen molar-refractivity contribution in [3.05, 3.63) is 33.9 Å². The number of rotatable bonds is 3. The van der Waals surface area contributed by atoms with Crippen molar-refractivity contribution in [2.75, 3.05) is 13.1 Å². The van der Waals surface area contributed by atoms with E-state index in [2.05, 4.69) is 10.6 Å². The maximum absolute atomic E-state index is 11.8. The summed E-state index contributed by atoms with van der Waals surface area (Å²) in [4.78, 5) is 21.6. The lowest BCUT2D eigenvalue weighted by Gasteiger charge is -2.11. The Labute approximate surface area is 103 Å². The Balaban J connectivity index is 2.10. The van der Waals surface area contributed by atoms with Crippen molar-refractivity contribution >= 4 is 11.6 Å². The van der Waals surface area contributed by atoms with Crippen LogP contribution in [0.4, 0.5) is 5.69 Å². The van der Waals surface area contributed by atoms with Gasteiger partial charge in [-0.15, -0.1) is 0 Å². The molecule has 7 heteroatoms. The number of amides is 1.